The SMILES string of the molecule is COc1c(Cl)cc(-c2sc(-c3ccccc3Cl)nc2-c2ccccc2S(C)(=O)=O)cc1Cl. The van der Waals surface area contributed by atoms with Crippen LogP contribution < -0.4 is 4.74 Å². The molecule has 0 N–H and O–H groups in total. The van der Waals surface area contributed by atoms with E-state index in [2.05, 4.69) is 0 Å². The van der Waals surface area contributed by atoms with Gasteiger partial charge in [0.15, 0.2) is 15.6 Å². The summed E-state index contributed by atoms with van der Waals surface area (Å²) in [5.41, 5.74) is 2.43. The zero-order chi connectivity index (χ0) is 23.0. The zero-order valence-corrected chi connectivity index (χ0v) is 20.8. The van der Waals surface area contributed by atoms with Crippen molar-refractivity contribution in [3.05, 3.63) is 75.7 Å². The third kappa shape index (κ3) is 4.38. The van der Waals surface area contributed by atoms with Crippen LogP contribution in [-0.2, 0) is 9.84 Å². The number of ether oxygens (including phenoxy) is 1. The van der Waals surface area contributed by atoms with Crippen LogP contribution >= 0.6 is 46.1 Å². The van der Waals surface area contributed by atoms with E-state index in [1.54, 1.807) is 42.5 Å². The lowest BCUT2D eigenvalue weighted by atomic mass is 10.1. The number of rotatable bonds is 5. The number of thiazole rings is 1. The van der Waals surface area contributed by atoms with Gasteiger partial charge in [-0.15, -0.1) is 11.3 Å². The first kappa shape index (κ1) is 23.1. The Morgan fingerprint density at radius 3 is 2.06 bits per heavy atom. The summed E-state index contributed by atoms with van der Waals surface area (Å²) >= 11 is 20.6. The molecule has 0 aliphatic heterocycles. The van der Waals surface area contributed by atoms with Crippen LogP contribution in [0, 0.1) is 0 Å². The van der Waals surface area contributed by atoms with Crippen LogP contribution in [0.3, 0.4) is 0 Å². The summed E-state index contributed by atoms with van der Waals surface area (Å²) in [4.78, 5) is 5.71. The third-order valence-electron chi connectivity index (χ3n) is 4.74. The van der Waals surface area contributed by atoms with Crippen molar-refractivity contribution in [1.82, 2.24) is 4.98 Å². The summed E-state index contributed by atoms with van der Waals surface area (Å²) in [5, 5.41) is 1.86. The summed E-state index contributed by atoms with van der Waals surface area (Å²) in [6.07, 6.45) is 1.17. The van der Waals surface area contributed by atoms with Crippen molar-refractivity contribution in [3.8, 4) is 38.0 Å². The molecule has 4 rings (SSSR count). The number of nitrogens with zero attached hydrogens (tertiary/aromatic N) is 1. The smallest absolute Gasteiger partial charge is 0.176 e. The van der Waals surface area contributed by atoms with Gasteiger partial charge in [-0.2, -0.15) is 0 Å². The molecule has 0 aliphatic carbocycles. The number of benzene rings is 3. The number of hydrogen-bond donors (Lipinski definition) is 0. The Kier molecular flexibility index (Phi) is 6.52. The van der Waals surface area contributed by atoms with Crippen LogP contribution in [0.5, 0.6) is 5.75 Å². The van der Waals surface area contributed by atoms with Gasteiger partial charge in [0.1, 0.15) is 5.01 Å². The lowest BCUT2D eigenvalue weighted by Crippen LogP contribution is -2.00. The van der Waals surface area contributed by atoms with E-state index in [9.17, 15) is 8.42 Å². The van der Waals surface area contributed by atoms with Crippen molar-refractivity contribution < 1.29 is 13.2 Å². The monoisotopic (exact) mass is 523 g/mol. The molecule has 0 atom stereocenters. The fraction of sp³-hybridized carbons (Fsp3) is 0.0870. The average Bonchev–Trinajstić information content (AvgIpc) is 3.18. The second-order valence-corrected chi connectivity index (χ2v) is 11.1. The summed E-state index contributed by atoms with van der Waals surface area (Å²) in [7, 11) is -2.02. The number of aromatic nitrogens is 1. The Morgan fingerprint density at radius 1 is 0.875 bits per heavy atom. The first-order chi connectivity index (χ1) is 15.2. The number of methoxy groups -OCH3 is 1. The van der Waals surface area contributed by atoms with E-state index >= 15 is 0 Å². The predicted molar refractivity (Wildman–Crippen MR) is 133 cm³/mol. The highest BCUT2D eigenvalue weighted by Crippen LogP contribution is 2.46. The van der Waals surface area contributed by atoms with E-state index in [-0.39, 0.29) is 4.90 Å². The largest absolute Gasteiger partial charge is 0.494 e. The van der Waals surface area contributed by atoms with Gasteiger partial charge in [-0.1, -0.05) is 71.2 Å². The molecule has 0 bridgehead atoms. The van der Waals surface area contributed by atoms with Crippen molar-refractivity contribution in [2.45, 2.75) is 4.90 Å². The topological polar surface area (TPSA) is 56.3 Å². The van der Waals surface area contributed by atoms with Gasteiger partial charge in [-0.25, -0.2) is 13.4 Å². The van der Waals surface area contributed by atoms with Crippen LogP contribution in [0.15, 0.2) is 65.6 Å². The molecule has 0 saturated heterocycles. The highest BCUT2D eigenvalue weighted by molar-refractivity contribution is 7.90. The molecule has 0 radical (unpaired) electrons. The van der Waals surface area contributed by atoms with Crippen molar-refractivity contribution in [3.63, 3.8) is 0 Å². The van der Waals surface area contributed by atoms with Crippen molar-refractivity contribution in [2.75, 3.05) is 13.4 Å². The summed E-state index contributed by atoms with van der Waals surface area (Å²) in [6.45, 7) is 0. The van der Waals surface area contributed by atoms with Gasteiger partial charge in [0.25, 0.3) is 0 Å². The molecule has 0 amide bonds. The van der Waals surface area contributed by atoms with Crippen LogP contribution in [0.4, 0.5) is 0 Å². The standard InChI is InChI=1S/C23H16Cl3NO3S2/c1-30-21-17(25)11-13(12-18(21)26)22-20(15-8-4-6-10-19(15)32(2,28)29)27-23(31-22)14-7-3-5-9-16(14)24/h3-12H,1-2H3. The lowest BCUT2D eigenvalue weighted by Gasteiger charge is -2.10. The first-order valence-electron chi connectivity index (χ1n) is 9.29. The fourth-order valence-corrected chi connectivity index (χ4v) is 6.24. The van der Waals surface area contributed by atoms with Crippen LogP contribution in [-0.4, -0.2) is 26.8 Å². The van der Waals surface area contributed by atoms with E-state index in [4.69, 9.17) is 44.5 Å². The maximum absolute atomic E-state index is 12.5. The molecule has 0 spiro atoms. The van der Waals surface area contributed by atoms with Crippen molar-refractivity contribution >= 4 is 56.0 Å². The van der Waals surface area contributed by atoms with E-state index in [0.29, 0.717) is 47.5 Å². The Labute approximate surface area is 205 Å². The van der Waals surface area contributed by atoms with E-state index < -0.39 is 9.84 Å². The first-order valence-corrected chi connectivity index (χ1v) is 13.1. The molecular weight excluding hydrogens is 509 g/mol. The lowest BCUT2D eigenvalue weighted by molar-refractivity contribution is 0.415. The van der Waals surface area contributed by atoms with E-state index in [1.165, 1.54) is 24.7 Å². The van der Waals surface area contributed by atoms with Gasteiger partial charge in [0.2, 0.25) is 0 Å². The summed E-state index contributed by atoms with van der Waals surface area (Å²) in [6, 6.07) is 17.6. The molecule has 4 aromatic rings. The van der Waals surface area contributed by atoms with Gasteiger partial charge >= 0.3 is 0 Å². The highest BCUT2D eigenvalue weighted by atomic mass is 35.5. The molecule has 164 valence electrons. The van der Waals surface area contributed by atoms with Crippen molar-refractivity contribution in [2.24, 2.45) is 0 Å². The van der Waals surface area contributed by atoms with Crippen LogP contribution in [0.2, 0.25) is 15.1 Å². The molecule has 3 aromatic carbocycles. The van der Waals surface area contributed by atoms with Gasteiger partial charge in [-0.3, -0.25) is 0 Å². The van der Waals surface area contributed by atoms with Crippen LogP contribution in [0.1, 0.15) is 0 Å². The molecule has 9 heteroatoms. The second kappa shape index (κ2) is 9.04. The zero-order valence-electron chi connectivity index (χ0n) is 16.9. The molecule has 0 aliphatic rings. The highest BCUT2D eigenvalue weighted by Gasteiger charge is 2.23. The summed E-state index contributed by atoms with van der Waals surface area (Å²) in [5.74, 6) is 0.367. The van der Waals surface area contributed by atoms with Gasteiger partial charge in [-0.05, 0) is 29.8 Å². The Bertz CT molecular complexity index is 1410. The molecule has 4 nitrogen and oxygen atoms in total. The Morgan fingerprint density at radius 2 is 1.47 bits per heavy atom. The Balaban J connectivity index is 2.04. The van der Waals surface area contributed by atoms with Gasteiger partial charge < -0.3 is 4.74 Å². The van der Waals surface area contributed by atoms with E-state index in [1.807, 2.05) is 18.2 Å². The molecule has 1 heterocycles. The number of halogens is 3. The van der Waals surface area contributed by atoms with Crippen molar-refractivity contribution in [1.29, 1.82) is 0 Å². The predicted octanol–water partition coefficient (Wildman–Crippen LogP) is 7.52. The maximum atomic E-state index is 12.5. The Hall–Kier alpha value is -2.09. The molecule has 0 unspecified atom stereocenters. The maximum Gasteiger partial charge on any atom is 0.176 e. The van der Waals surface area contributed by atoms with Crippen LogP contribution in [0.25, 0.3) is 32.3 Å². The third-order valence-corrected chi connectivity index (χ3v) is 7.92. The minimum Gasteiger partial charge on any atom is -0.494 e. The fourth-order valence-electron chi connectivity index (χ4n) is 3.32. The van der Waals surface area contributed by atoms with Gasteiger partial charge in [0, 0.05) is 17.4 Å². The number of sulfone groups is 1. The average molecular weight is 525 g/mol. The number of hydrogen-bond acceptors (Lipinski definition) is 5. The minimum absolute atomic E-state index is 0.183. The molecule has 0 saturated carbocycles. The summed E-state index contributed by atoms with van der Waals surface area (Å²) < 4.78 is 30.2. The van der Waals surface area contributed by atoms with Gasteiger partial charge in [0.05, 0.1) is 37.6 Å². The molecule has 32 heavy (non-hydrogen) atoms. The molecule has 0 fully saturated rings. The van der Waals surface area contributed by atoms with E-state index in [0.717, 1.165) is 5.56 Å². The second-order valence-electron chi connectivity index (χ2n) is 6.92. The quantitative estimate of drug-likeness (QED) is 0.271. The normalized spacial score (nSPS) is 11.5. The minimum atomic E-state index is -3.50. The molecular formula is C23H16Cl3NO3S2. The molecule has 1 aromatic heterocycles.